The fourth-order valence-electron chi connectivity index (χ4n) is 4.61. The highest BCUT2D eigenvalue weighted by atomic mass is 32.2. The monoisotopic (exact) mass is 506 g/mol. The summed E-state index contributed by atoms with van der Waals surface area (Å²) in [6.45, 7) is 5.46. The van der Waals surface area contributed by atoms with E-state index in [4.69, 9.17) is 11.1 Å². The van der Waals surface area contributed by atoms with Gasteiger partial charge in [0.05, 0.1) is 5.25 Å². The van der Waals surface area contributed by atoms with Crippen LogP contribution >= 0.6 is 0 Å². The first-order valence-corrected chi connectivity index (χ1v) is 13.9. The Morgan fingerprint density at radius 1 is 1.11 bits per heavy atom. The van der Waals surface area contributed by atoms with Gasteiger partial charge in [-0.25, -0.2) is 13.1 Å². The molecular weight excluding hydrogens is 468 g/mol. The van der Waals surface area contributed by atoms with Gasteiger partial charge in [0.1, 0.15) is 12.1 Å². The Bertz CT molecular complexity index is 993. The fourth-order valence-corrected chi connectivity index (χ4v) is 5.46. The van der Waals surface area contributed by atoms with Gasteiger partial charge >= 0.3 is 0 Å². The number of hydrogen-bond acceptors (Lipinski definition) is 5. The molecule has 0 radical (unpaired) electrons. The number of guanidine groups is 1. The molecule has 0 bridgehead atoms. The molecule has 0 aliphatic carbocycles. The number of nitrogens with one attached hydrogen (secondary N) is 3. The van der Waals surface area contributed by atoms with Gasteiger partial charge in [-0.15, -0.1) is 0 Å². The summed E-state index contributed by atoms with van der Waals surface area (Å²) in [5, 5.41) is 9.86. The molecular formula is C24H38N6O4S. The molecule has 0 spiro atoms. The smallest absolute Gasteiger partial charge is 0.242 e. The lowest BCUT2D eigenvalue weighted by Gasteiger charge is -2.33. The lowest BCUT2D eigenvalue weighted by Crippen LogP contribution is -2.55. The average Bonchev–Trinajstić information content (AvgIpc) is 3.32. The number of amides is 2. The first-order chi connectivity index (χ1) is 16.6. The number of rotatable bonds is 9. The van der Waals surface area contributed by atoms with Gasteiger partial charge in [-0.3, -0.25) is 15.0 Å². The summed E-state index contributed by atoms with van der Waals surface area (Å²) >= 11 is 0. The van der Waals surface area contributed by atoms with Crippen molar-refractivity contribution in [2.75, 3.05) is 26.2 Å². The summed E-state index contributed by atoms with van der Waals surface area (Å²) in [4.78, 5) is 29.9. The van der Waals surface area contributed by atoms with Crippen molar-refractivity contribution in [1.82, 2.24) is 19.8 Å². The quantitative estimate of drug-likeness (QED) is 0.285. The zero-order chi connectivity index (χ0) is 25.6. The minimum absolute atomic E-state index is 0.0748. The van der Waals surface area contributed by atoms with Crippen LogP contribution in [0.15, 0.2) is 30.3 Å². The van der Waals surface area contributed by atoms with E-state index in [1.165, 1.54) is 4.90 Å². The van der Waals surface area contributed by atoms with Gasteiger partial charge in [-0.05, 0) is 57.4 Å². The Kier molecular flexibility index (Phi) is 9.12. The lowest BCUT2D eigenvalue weighted by atomic mass is 9.97. The number of piperidine rings is 1. The highest BCUT2D eigenvalue weighted by Gasteiger charge is 2.39. The number of benzene rings is 1. The highest BCUT2D eigenvalue weighted by Crippen LogP contribution is 2.21. The number of hydrogen-bond donors (Lipinski definition) is 4. The largest absolute Gasteiger partial charge is 0.370 e. The number of nitrogens with zero attached hydrogens (tertiary/aromatic N) is 2. The molecule has 2 aliphatic heterocycles. The predicted octanol–water partition coefficient (Wildman–Crippen LogP) is 0.638. The van der Waals surface area contributed by atoms with Crippen LogP contribution in [0, 0.1) is 11.3 Å². The molecule has 10 nitrogen and oxygen atoms in total. The zero-order valence-corrected chi connectivity index (χ0v) is 21.4. The van der Waals surface area contributed by atoms with Crippen LogP contribution in [0.3, 0.4) is 0 Å². The van der Waals surface area contributed by atoms with E-state index in [9.17, 15) is 18.0 Å². The summed E-state index contributed by atoms with van der Waals surface area (Å²) in [6.07, 6.45) is 3.13. The molecule has 2 amide bonds. The fraction of sp³-hybridized carbons (Fsp3) is 0.625. The third-order valence-corrected chi connectivity index (χ3v) is 8.72. The maximum atomic E-state index is 13.6. The minimum atomic E-state index is -3.69. The first-order valence-electron chi connectivity index (χ1n) is 12.3. The zero-order valence-electron chi connectivity index (χ0n) is 20.6. The third-order valence-electron chi connectivity index (χ3n) is 6.87. The van der Waals surface area contributed by atoms with Crippen LogP contribution in [0.5, 0.6) is 0 Å². The molecule has 2 fully saturated rings. The van der Waals surface area contributed by atoms with Gasteiger partial charge in [-0.1, -0.05) is 30.3 Å². The van der Waals surface area contributed by atoms with Crippen molar-refractivity contribution in [1.29, 1.82) is 5.41 Å². The van der Waals surface area contributed by atoms with Crippen molar-refractivity contribution in [3.63, 3.8) is 0 Å². The second-order valence-corrected chi connectivity index (χ2v) is 12.0. The van der Waals surface area contributed by atoms with Crippen molar-refractivity contribution >= 4 is 27.8 Å². The molecule has 2 atom stereocenters. The van der Waals surface area contributed by atoms with E-state index < -0.39 is 27.4 Å². The maximum absolute atomic E-state index is 13.6. The van der Waals surface area contributed by atoms with Crippen LogP contribution < -0.4 is 15.8 Å². The van der Waals surface area contributed by atoms with Gasteiger partial charge in [-0.2, -0.15) is 0 Å². The number of carbonyl (C=O) groups excluding carboxylic acids is 2. The number of carbonyl (C=O) groups is 2. The number of likely N-dealkylation sites (tertiary alicyclic amines) is 2. The molecule has 5 N–H and O–H groups in total. The molecule has 2 heterocycles. The molecule has 35 heavy (non-hydrogen) atoms. The predicted molar refractivity (Wildman–Crippen MR) is 135 cm³/mol. The van der Waals surface area contributed by atoms with E-state index in [1.807, 2.05) is 35.2 Å². The highest BCUT2D eigenvalue weighted by molar-refractivity contribution is 7.90. The van der Waals surface area contributed by atoms with Crippen molar-refractivity contribution in [3.8, 4) is 0 Å². The number of sulfonamides is 1. The SMILES string of the molecule is CC(C)S(=O)(=O)N[C@H](Cc1ccccc1)C(=O)N1CCC[C@H]1C(=O)NCC1CCN(C(=N)N)CC1. The van der Waals surface area contributed by atoms with Crippen LogP contribution in [-0.4, -0.2) is 79.5 Å². The summed E-state index contributed by atoms with van der Waals surface area (Å²) in [7, 11) is -3.69. The maximum Gasteiger partial charge on any atom is 0.242 e. The van der Waals surface area contributed by atoms with Crippen LogP contribution in [0.4, 0.5) is 0 Å². The third kappa shape index (κ3) is 7.17. The lowest BCUT2D eigenvalue weighted by molar-refractivity contribution is -0.139. The molecule has 2 aliphatic rings. The average molecular weight is 507 g/mol. The van der Waals surface area contributed by atoms with Gasteiger partial charge in [0.2, 0.25) is 21.8 Å². The molecule has 194 valence electrons. The van der Waals surface area contributed by atoms with Gasteiger partial charge < -0.3 is 20.9 Å². The summed E-state index contributed by atoms with van der Waals surface area (Å²) in [6, 6.07) is 7.69. The van der Waals surface area contributed by atoms with E-state index in [0.29, 0.717) is 44.9 Å². The molecule has 0 unspecified atom stereocenters. The molecule has 0 saturated carbocycles. The normalized spacial score (nSPS) is 20.1. The Morgan fingerprint density at radius 3 is 2.37 bits per heavy atom. The second-order valence-electron chi connectivity index (χ2n) is 9.70. The van der Waals surface area contributed by atoms with Crippen LogP contribution in [-0.2, 0) is 26.0 Å². The first kappa shape index (κ1) is 26.9. The van der Waals surface area contributed by atoms with Crippen molar-refractivity contribution in [3.05, 3.63) is 35.9 Å². The summed E-state index contributed by atoms with van der Waals surface area (Å²) < 4.78 is 27.8. The Morgan fingerprint density at radius 2 is 1.77 bits per heavy atom. The summed E-state index contributed by atoms with van der Waals surface area (Å²) in [5.41, 5.74) is 6.39. The van der Waals surface area contributed by atoms with Crippen molar-refractivity contribution in [2.24, 2.45) is 11.7 Å². The molecule has 0 aromatic heterocycles. The van der Waals surface area contributed by atoms with E-state index >= 15 is 0 Å². The molecule has 11 heteroatoms. The Hall–Kier alpha value is -2.66. The van der Waals surface area contributed by atoms with Crippen molar-refractivity contribution < 1.29 is 18.0 Å². The van der Waals surface area contributed by atoms with Gasteiger partial charge in [0, 0.05) is 26.2 Å². The van der Waals surface area contributed by atoms with Gasteiger partial charge in [0.15, 0.2) is 5.96 Å². The van der Waals surface area contributed by atoms with E-state index in [-0.39, 0.29) is 24.2 Å². The van der Waals surface area contributed by atoms with Crippen LogP contribution in [0.2, 0.25) is 0 Å². The van der Waals surface area contributed by atoms with Gasteiger partial charge in [0.25, 0.3) is 0 Å². The van der Waals surface area contributed by atoms with E-state index in [2.05, 4.69) is 10.0 Å². The molecule has 1 aromatic carbocycles. The molecule has 1 aromatic rings. The Balaban J connectivity index is 1.65. The van der Waals surface area contributed by atoms with E-state index in [1.54, 1.807) is 13.8 Å². The topological polar surface area (TPSA) is 149 Å². The minimum Gasteiger partial charge on any atom is -0.370 e. The standard InChI is InChI=1S/C24H38N6O4S/c1-17(2)35(33,34)28-20(15-18-7-4-3-5-8-18)23(32)30-12-6-9-21(30)22(31)27-16-19-10-13-29(14-11-19)24(25)26/h3-5,7-8,17,19-21,28H,6,9-16H2,1-2H3,(H3,25,26)(H,27,31)/t20-,21+/m1/s1. The van der Waals surface area contributed by atoms with Crippen LogP contribution in [0.1, 0.15) is 45.1 Å². The summed E-state index contributed by atoms with van der Waals surface area (Å²) in [5.74, 6) is -0.199. The molecule has 3 rings (SSSR count). The number of nitrogens with two attached hydrogens (primary N) is 1. The molecule has 2 saturated heterocycles. The van der Waals surface area contributed by atoms with Crippen LogP contribution in [0.25, 0.3) is 0 Å². The van der Waals surface area contributed by atoms with E-state index in [0.717, 1.165) is 18.4 Å². The Labute approximate surface area is 208 Å². The second kappa shape index (κ2) is 11.9. The van der Waals surface area contributed by atoms with Crippen molar-refractivity contribution in [2.45, 2.75) is 63.3 Å².